The smallest absolute Gasteiger partial charge is 0.272 e. The van der Waals surface area contributed by atoms with Gasteiger partial charge in [0, 0.05) is 11.1 Å². The monoisotopic (exact) mass is 356 g/mol. The Morgan fingerprint density at radius 2 is 2.04 bits per heavy atom. The number of amides is 1. The molecule has 1 N–H and O–H groups in total. The first-order chi connectivity index (χ1) is 11.3. The zero-order chi connectivity index (χ0) is 17.6. The molecule has 0 saturated carbocycles. The highest BCUT2D eigenvalue weighted by molar-refractivity contribution is 8.00. The lowest BCUT2D eigenvalue weighted by molar-refractivity contribution is -0.142. The first-order valence-corrected chi connectivity index (χ1v) is 7.92. The van der Waals surface area contributed by atoms with Crippen molar-refractivity contribution in [2.75, 3.05) is 5.75 Å². The number of benzene rings is 1. The molecule has 1 aromatic carbocycles. The van der Waals surface area contributed by atoms with Crippen LogP contribution in [0.4, 0.5) is 13.2 Å². The number of halogens is 3. The Kier molecular flexibility index (Phi) is 6.02. The van der Waals surface area contributed by atoms with Crippen molar-refractivity contribution < 1.29 is 18.0 Å². The minimum Gasteiger partial charge on any atom is -0.272 e. The molecule has 1 amide bonds. The van der Waals surface area contributed by atoms with Crippen molar-refractivity contribution in [2.45, 2.75) is 24.5 Å². The van der Waals surface area contributed by atoms with Gasteiger partial charge in [-0.05, 0) is 25.1 Å². The van der Waals surface area contributed by atoms with E-state index in [1.54, 1.807) is 0 Å². The molecule has 0 aliphatic heterocycles. The van der Waals surface area contributed by atoms with Gasteiger partial charge in [-0.1, -0.05) is 17.7 Å². The lowest BCUT2D eigenvalue weighted by atomic mass is 10.2. The molecular weight excluding hydrogens is 341 g/mol. The number of hydrogen-bond donors (Lipinski definition) is 1. The summed E-state index contributed by atoms with van der Waals surface area (Å²) < 4.78 is 37.4. The van der Waals surface area contributed by atoms with Gasteiger partial charge < -0.3 is 0 Å². The largest absolute Gasteiger partial charge is 0.408 e. The Morgan fingerprint density at radius 3 is 2.71 bits per heavy atom. The first kappa shape index (κ1) is 18.1. The van der Waals surface area contributed by atoms with Crippen molar-refractivity contribution in [3.05, 3.63) is 47.8 Å². The standard InChI is InChI=1S/C15H15F3N4OS/c1-11-2-4-13(5-3-11)24-9-14(23)20-19-8-12-6-7-22(21-12)10-15(16,17)18/h2-8H,9-10H2,1H3,(H,20,23)/b19-8+. The Morgan fingerprint density at radius 1 is 1.33 bits per heavy atom. The van der Waals surface area contributed by atoms with E-state index in [0.717, 1.165) is 15.1 Å². The van der Waals surface area contributed by atoms with Crippen LogP contribution in [0.1, 0.15) is 11.3 Å². The van der Waals surface area contributed by atoms with Gasteiger partial charge in [0.2, 0.25) is 5.91 Å². The van der Waals surface area contributed by atoms with Crippen molar-refractivity contribution in [1.29, 1.82) is 0 Å². The summed E-state index contributed by atoms with van der Waals surface area (Å²) >= 11 is 1.36. The summed E-state index contributed by atoms with van der Waals surface area (Å²) in [6.45, 7) is 0.812. The maximum Gasteiger partial charge on any atom is 0.408 e. The van der Waals surface area contributed by atoms with Crippen LogP contribution in [0.3, 0.4) is 0 Å². The molecule has 0 aliphatic carbocycles. The van der Waals surface area contributed by atoms with E-state index < -0.39 is 12.7 Å². The quantitative estimate of drug-likeness (QED) is 0.492. The topological polar surface area (TPSA) is 59.3 Å². The maximum absolute atomic E-state index is 12.2. The zero-order valence-electron chi connectivity index (χ0n) is 12.7. The molecule has 0 bridgehead atoms. The Hall–Kier alpha value is -2.29. The molecule has 0 spiro atoms. The van der Waals surface area contributed by atoms with Crippen LogP contribution in [0.15, 0.2) is 46.5 Å². The van der Waals surface area contributed by atoms with Gasteiger partial charge in [0.15, 0.2) is 0 Å². The van der Waals surface area contributed by atoms with Gasteiger partial charge in [-0.2, -0.15) is 23.4 Å². The SMILES string of the molecule is Cc1ccc(SCC(=O)N/N=C/c2ccn(CC(F)(F)F)n2)cc1. The van der Waals surface area contributed by atoms with Gasteiger partial charge in [0.05, 0.1) is 12.0 Å². The summed E-state index contributed by atoms with van der Waals surface area (Å²) in [4.78, 5) is 12.6. The molecule has 0 atom stereocenters. The van der Waals surface area contributed by atoms with Crippen LogP contribution in [0, 0.1) is 6.92 Å². The molecule has 1 aromatic heterocycles. The van der Waals surface area contributed by atoms with Crippen LogP contribution in [-0.4, -0.2) is 33.8 Å². The molecule has 0 saturated heterocycles. The van der Waals surface area contributed by atoms with Gasteiger partial charge in [-0.3, -0.25) is 9.48 Å². The average Bonchev–Trinajstić information content (AvgIpc) is 2.92. The van der Waals surface area contributed by atoms with Crippen LogP contribution < -0.4 is 5.43 Å². The number of carbonyl (C=O) groups is 1. The van der Waals surface area contributed by atoms with E-state index in [1.807, 2.05) is 31.2 Å². The molecule has 24 heavy (non-hydrogen) atoms. The molecule has 128 valence electrons. The molecule has 2 aromatic rings. The van der Waals surface area contributed by atoms with E-state index in [1.165, 1.54) is 30.2 Å². The summed E-state index contributed by atoms with van der Waals surface area (Å²) in [6.07, 6.45) is -1.94. The van der Waals surface area contributed by atoms with Crippen molar-refractivity contribution in [2.24, 2.45) is 5.10 Å². The number of rotatable bonds is 6. The van der Waals surface area contributed by atoms with Crippen molar-refractivity contribution in [3.63, 3.8) is 0 Å². The van der Waals surface area contributed by atoms with E-state index >= 15 is 0 Å². The van der Waals surface area contributed by atoms with Crippen LogP contribution in [0.2, 0.25) is 0 Å². The van der Waals surface area contributed by atoms with Crippen LogP contribution in [0.25, 0.3) is 0 Å². The number of aromatic nitrogens is 2. The third kappa shape index (κ3) is 6.45. The molecule has 0 radical (unpaired) electrons. The summed E-state index contributed by atoms with van der Waals surface area (Å²) in [5.41, 5.74) is 3.67. The van der Waals surface area contributed by atoms with Crippen LogP contribution in [-0.2, 0) is 11.3 Å². The Bertz CT molecular complexity index is 710. The molecule has 0 aliphatic rings. The van der Waals surface area contributed by atoms with Crippen molar-refractivity contribution in [1.82, 2.24) is 15.2 Å². The number of hydrazone groups is 1. The van der Waals surface area contributed by atoms with Crippen molar-refractivity contribution in [3.8, 4) is 0 Å². The first-order valence-electron chi connectivity index (χ1n) is 6.93. The number of carbonyl (C=O) groups excluding carboxylic acids is 1. The fourth-order valence-electron chi connectivity index (χ4n) is 1.70. The van der Waals surface area contributed by atoms with Gasteiger partial charge >= 0.3 is 6.18 Å². The summed E-state index contributed by atoms with van der Waals surface area (Å²) in [7, 11) is 0. The third-order valence-electron chi connectivity index (χ3n) is 2.78. The lowest BCUT2D eigenvalue weighted by Gasteiger charge is -2.04. The van der Waals surface area contributed by atoms with Crippen LogP contribution in [0.5, 0.6) is 0 Å². The predicted molar refractivity (Wildman–Crippen MR) is 85.9 cm³/mol. The number of aryl methyl sites for hydroxylation is 1. The van der Waals surface area contributed by atoms with Gasteiger partial charge in [-0.25, -0.2) is 5.43 Å². The molecule has 1 heterocycles. The number of hydrogen-bond acceptors (Lipinski definition) is 4. The highest BCUT2D eigenvalue weighted by atomic mass is 32.2. The van der Waals surface area contributed by atoms with Crippen molar-refractivity contribution >= 4 is 23.9 Å². The third-order valence-corrected chi connectivity index (χ3v) is 3.79. The molecule has 5 nitrogen and oxygen atoms in total. The highest BCUT2D eigenvalue weighted by Gasteiger charge is 2.28. The minimum absolute atomic E-state index is 0.183. The van der Waals surface area contributed by atoms with Gasteiger partial charge in [-0.15, -0.1) is 11.8 Å². The second-order valence-corrected chi connectivity index (χ2v) is 6.00. The van der Waals surface area contributed by atoms with E-state index in [0.29, 0.717) is 0 Å². The molecule has 2 rings (SSSR count). The number of thioether (sulfide) groups is 1. The van der Waals surface area contributed by atoms with Gasteiger partial charge in [0.25, 0.3) is 0 Å². The molecule has 0 fully saturated rings. The number of nitrogens with one attached hydrogen (secondary N) is 1. The van der Waals surface area contributed by atoms with E-state index in [4.69, 9.17) is 0 Å². The van der Waals surface area contributed by atoms with E-state index in [-0.39, 0.29) is 17.4 Å². The maximum atomic E-state index is 12.2. The summed E-state index contributed by atoms with van der Waals surface area (Å²) in [6, 6.07) is 9.13. The Labute approximate surface area is 140 Å². The highest BCUT2D eigenvalue weighted by Crippen LogP contribution is 2.18. The van der Waals surface area contributed by atoms with Crippen LogP contribution >= 0.6 is 11.8 Å². The van der Waals surface area contributed by atoms with Gasteiger partial charge in [0.1, 0.15) is 12.2 Å². The molecule has 0 unspecified atom stereocenters. The number of nitrogens with zero attached hydrogens (tertiary/aromatic N) is 3. The summed E-state index contributed by atoms with van der Waals surface area (Å²) in [5.74, 6) is -0.130. The molecular formula is C15H15F3N4OS. The second kappa shape index (κ2) is 8.00. The fourth-order valence-corrected chi connectivity index (χ4v) is 2.39. The number of alkyl halides is 3. The summed E-state index contributed by atoms with van der Waals surface area (Å²) in [5, 5.41) is 7.37. The Balaban J connectivity index is 1.77. The normalized spacial score (nSPS) is 11.8. The second-order valence-electron chi connectivity index (χ2n) is 4.95. The molecule has 9 heteroatoms. The fraction of sp³-hybridized carbons (Fsp3) is 0.267. The average molecular weight is 356 g/mol. The minimum atomic E-state index is -4.33. The lowest BCUT2D eigenvalue weighted by Crippen LogP contribution is -2.20. The van der Waals surface area contributed by atoms with E-state index in [2.05, 4.69) is 15.6 Å². The predicted octanol–water partition coefficient (Wildman–Crippen LogP) is 3.00. The zero-order valence-corrected chi connectivity index (χ0v) is 13.6. The van der Waals surface area contributed by atoms with E-state index in [9.17, 15) is 18.0 Å².